The number of anilines is 1. The Morgan fingerprint density at radius 3 is 2.23 bits per heavy atom. The summed E-state index contributed by atoms with van der Waals surface area (Å²) in [6.45, 7) is 3.24. The SMILES string of the molecule is O=C(c1ccc(-c2ccc(Cl)cc2)s1)N1CCN(c2ccccc2)CC1. The summed E-state index contributed by atoms with van der Waals surface area (Å²) in [5.74, 6) is 0.128. The first-order chi connectivity index (χ1) is 12.7. The molecule has 1 aliphatic rings. The molecule has 0 radical (unpaired) electrons. The van der Waals surface area contributed by atoms with Crippen LogP contribution in [0.15, 0.2) is 66.7 Å². The molecule has 0 N–H and O–H groups in total. The van der Waals surface area contributed by atoms with Gasteiger partial charge in [0.25, 0.3) is 5.91 Å². The number of carbonyl (C=O) groups excluding carboxylic acids is 1. The largest absolute Gasteiger partial charge is 0.368 e. The van der Waals surface area contributed by atoms with Crippen LogP contribution in [0.3, 0.4) is 0 Å². The summed E-state index contributed by atoms with van der Waals surface area (Å²) >= 11 is 7.49. The normalized spacial score (nSPS) is 14.5. The van der Waals surface area contributed by atoms with Crippen LogP contribution in [0.25, 0.3) is 10.4 Å². The van der Waals surface area contributed by atoms with Gasteiger partial charge in [-0.2, -0.15) is 0 Å². The molecule has 1 saturated heterocycles. The molecule has 2 aromatic carbocycles. The fourth-order valence-electron chi connectivity index (χ4n) is 3.18. The Morgan fingerprint density at radius 1 is 0.846 bits per heavy atom. The molecule has 132 valence electrons. The molecule has 0 atom stereocenters. The van der Waals surface area contributed by atoms with Gasteiger partial charge in [0.15, 0.2) is 0 Å². The summed E-state index contributed by atoms with van der Waals surface area (Å²) in [6, 6.07) is 22.0. The van der Waals surface area contributed by atoms with Crippen LogP contribution in [-0.4, -0.2) is 37.0 Å². The zero-order valence-electron chi connectivity index (χ0n) is 14.3. The number of hydrogen-bond acceptors (Lipinski definition) is 3. The third kappa shape index (κ3) is 3.62. The molecular weight excluding hydrogens is 364 g/mol. The monoisotopic (exact) mass is 382 g/mol. The zero-order valence-corrected chi connectivity index (χ0v) is 15.8. The van der Waals surface area contributed by atoms with E-state index in [4.69, 9.17) is 11.6 Å². The lowest BCUT2D eigenvalue weighted by Crippen LogP contribution is -2.48. The van der Waals surface area contributed by atoms with E-state index in [0.29, 0.717) is 0 Å². The van der Waals surface area contributed by atoms with E-state index in [9.17, 15) is 4.79 Å². The van der Waals surface area contributed by atoms with Crippen molar-refractivity contribution in [3.8, 4) is 10.4 Å². The number of halogens is 1. The lowest BCUT2D eigenvalue weighted by Gasteiger charge is -2.36. The molecule has 0 unspecified atom stereocenters. The molecule has 3 aromatic rings. The number of thiophene rings is 1. The lowest BCUT2D eigenvalue weighted by molar-refractivity contribution is 0.0751. The highest BCUT2D eigenvalue weighted by Gasteiger charge is 2.23. The van der Waals surface area contributed by atoms with Crippen molar-refractivity contribution >= 4 is 34.5 Å². The number of nitrogens with zero attached hydrogens (tertiary/aromatic N) is 2. The Hall–Kier alpha value is -2.30. The maximum Gasteiger partial charge on any atom is 0.264 e. The van der Waals surface area contributed by atoms with Crippen molar-refractivity contribution in [3.63, 3.8) is 0 Å². The van der Waals surface area contributed by atoms with E-state index in [0.717, 1.165) is 46.5 Å². The molecule has 2 heterocycles. The molecule has 0 saturated carbocycles. The number of rotatable bonds is 3. The molecular formula is C21H19ClN2OS. The Balaban J connectivity index is 1.42. The van der Waals surface area contributed by atoms with Crippen LogP contribution >= 0.6 is 22.9 Å². The van der Waals surface area contributed by atoms with Crippen LogP contribution in [0.4, 0.5) is 5.69 Å². The number of hydrogen-bond donors (Lipinski definition) is 0. The van der Waals surface area contributed by atoms with Crippen LogP contribution < -0.4 is 4.90 Å². The van der Waals surface area contributed by atoms with Gasteiger partial charge in [-0.05, 0) is 42.0 Å². The van der Waals surface area contributed by atoms with Gasteiger partial charge in [0.05, 0.1) is 4.88 Å². The molecule has 0 bridgehead atoms. The number of carbonyl (C=O) groups is 1. The number of piperazine rings is 1. The van der Waals surface area contributed by atoms with Crippen LogP contribution in [0.5, 0.6) is 0 Å². The van der Waals surface area contributed by atoms with E-state index in [1.165, 1.54) is 5.69 Å². The fraction of sp³-hybridized carbons (Fsp3) is 0.190. The highest BCUT2D eigenvalue weighted by Crippen LogP contribution is 2.30. The molecule has 0 spiro atoms. The van der Waals surface area contributed by atoms with E-state index < -0.39 is 0 Å². The van der Waals surface area contributed by atoms with Gasteiger partial charge in [0.1, 0.15) is 0 Å². The number of amides is 1. The quantitative estimate of drug-likeness (QED) is 0.634. The Bertz CT molecular complexity index is 884. The van der Waals surface area contributed by atoms with Gasteiger partial charge in [-0.1, -0.05) is 41.9 Å². The first-order valence-electron chi connectivity index (χ1n) is 8.66. The molecule has 5 heteroatoms. The minimum atomic E-state index is 0.128. The van der Waals surface area contributed by atoms with Gasteiger partial charge < -0.3 is 9.80 Å². The fourth-order valence-corrected chi connectivity index (χ4v) is 4.29. The third-order valence-electron chi connectivity index (χ3n) is 4.63. The second kappa shape index (κ2) is 7.52. The van der Waals surface area contributed by atoms with Crippen molar-refractivity contribution in [3.05, 3.63) is 76.6 Å². The maximum atomic E-state index is 12.8. The Kier molecular flexibility index (Phi) is 4.96. The molecule has 1 fully saturated rings. The van der Waals surface area contributed by atoms with Crippen molar-refractivity contribution in [2.75, 3.05) is 31.1 Å². The minimum absolute atomic E-state index is 0.128. The van der Waals surface area contributed by atoms with Crippen molar-refractivity contribution in [1.29, 1.82) is 0 Å². The Labute approximate surface area is 162 Å². The van der Waals surface area contributed by atoms with Crippen LogP contribution in [0, 0.1) is 0 Å². The number of benzene rings is 2. The summed E-state index contributed by atoms with van der Waals surface area (Å²) in [5, 5.41) is 0.720. The second-order valence-electron chi connectivity index (χ2n) is 6.29. The topological polar surface area (TPSA) is 23.6 Å². The highest BCUT2D eigenvalue weighted by atomic mass is 35.5. The summed E-state index contributed by atoms with van der Waals surface area (Å²) < 4.78 is 0. The molecule has 4 rings (SSSR count). The summed E-state index contributed by atoms with van der Waals surface area (Å²) in [5.41, 5.74) is 2.31. The summed E-state index contributed by atoms with van der Waals surface area (Å²) in [6.07, 6.45) is 0. The summed E-state index contributed by atoms with van der Waals surface area (Å²) in [7, 11) is 0. The molecule has 1 amide bonds. The van der Waals surface area contributed by atoms with Gasteiger partial charge >= 0.3 is 0 Å². The van der Waals surface area contributed by atoms with E-state index in [1.807, 2.05) is 47.4 Å². The van der Waals surface area contributed by atoms with E-state index in [2.05, 4.69) is 29.2 Å². The van der Waals surface area contributed by atoms with Gasteiger partial charge in [-0.15, -0.1) is 11.3 Å². The standard InChI is InChI=1S/C21H19ClN2OS/c22-17-8-6-16(7-9-17)19-10-11-20(26-19)21(25)24-14-12-23(13-15-24)18-4-2-1-3-5-18/h1-11H,12-15H2. The predicted molar refractivity (Wildman–Crippen MR) is 109 cm³/mol. The number of para-hydroxylation sites is 1. The van der Waals surface area contributed by atoms with Gasteiger partial charge in [0, 0.05) is 41.8 Å². The molecule has 1 aromatic heterocycles. The maximum absolute atomic E-state index is 12.8. The minimum Gasteiger partial charge on any atom is -0.368 e. The average molecular weight is 383 g/mol. The zero-order chi connectivity index (χ0) is 17.9. The van der Waals surface area contributed by atoms with Crippen LogP contribution in [-0.2, 0) is 0 Å². The smallest absolute Gasteiger partial charge is 0.264 e. The van der Waals surface area contributed by atoms with Crippen molar-refractivity contribution < 1.29 is 4.79 Å². The first kappa shape index (κ1) is 17.1. The van der Waals surface area contributed by atoms with E-state index in [-0.39, 0.29) is 5.91 Å². The van der Waals surface area contributed by atoms with E-state index >= 15 is 0 Å². The van der Waals surface area contributed by atoms with E-state index in [1.54, 1.807) is 11.3 Å². The van der Waals surface area contributed by atoms with Crippen molar-refractivity contribution in [2.24, 2.45) is 0 Å². The van der Waals surface area contributed by atoms with Gasteiger partial charge in [-0.25, -0.2) is 0 Å². The summed E-state index contributed by atoms with van der Waals surface area (Å²) in [4.78, 5) is 19.0. The lowest BCUT2D eigenvalue weighted by atomic mass is 10.2. The highest BCUT2D eigenvalue weighted by molar-refractivity contribution is 7.17. The van der Waals surface area contributed by atoms with Crippen LogP contribution in [0.2, 0.25) is 5.02 Å². The van der Waals surface area contributed by atoms with Crippen molar-refractivity contribution in [2.45, 2.75) is 0 Å². The predicted octanol–water partition coefficient (Wildman–Crippen LogP) is 5.03. The van der Waals surface area contributed by atoms with Gasteiger partial charge in [-0.3, -0.25) is 4.79 Å². The van der Waals surface area contributed by atoms with Crippen LogP contribution in [0.1, 0.15) is 9.67 Å². The van der Waals surface area contributed by atoms with Gasteiger partial charge in [0.2, 0.25) is 0 Å². The third-order valence-corrected chi connectivity index (χ3v) is 6.01. The second-order valence-corrected chi connectivity index (χ2v) is 7.81. The molecule has 3 nitrogen and oxygen atoms in total. The first-order valence-corrected chi connectivity index (χ1v) is 9.85. The average Bonchev–Trinajstić information content (AvgIpc) is 3.19. The Morgan fingerprint density at radius 2 is 1.54 bits per heavy atom. The molecule has 1 aliphatic heterocycles. The molecule has 0 aliphatic carbocycles. The molecule has 26 heavy (non-hydrogen) atoms. The van der Waals surface area contributed by atoms with Crippen molar-refractivity contribution in [1.82, 2.24) is 4.90 Å².